The topological polar surface area (TPSA) is 70.4 Å². The Labute approximate surface area is 114 Å². The quantitative estimate of drug-likeness (QED) is 0.523. The molecule has 1 heterocycles. The van der Waals surface area contributed by atoms with Crippen LogP contribution in [0.3, 0.4) is 0 Å². The molecule has 19 heavy (non-hydrogen) atoms. The van der Waals surface area contributed by atoms with Crippen molar-refractivity contribution in [3.05, 3.63) is 12.2 Å². The fourth-order valence-electron chi connectivity index (χ4n) is 1.43. The third-order valence-corrected chi connectivity index (χ3v) is 2.40. The van der Waals surface area contributed by atoms with Gasteiger partial charge in [0.1, 0.15) is 6.33 Å². The van der Waals surface area contributed by atoms with Crippen LogP contribution in [-0.2, 0) is 27.7 Å². The lowest BCUT2D eigenvalue weighted by atomic mass is 10.4. The van der Waals surface area contributed by atoms with Crippen molar-refractivity contribution >= 4 is 0 Å². The van der Waals surface area contributed by atoms with E-state index in [9.17, 15) is 0 Å². The molecule has 7 nitrogen and oxygen atoms in total. The van der Waals surface area contributed by atoms with Crippen molar-refractivity contribution in [2.24, 2.45) is 7.05 Å². The molecule has 0 fully saturated rings. The maximum Gasteiger partial charge on any atom is 0.151 e. The molecule has 0 saturated carbocycles. The Morgan fingerprint density at radius 3 is 2.53 bits per heavy atom. The van der Waals surface area contributed by atoms with Crippen molar-refractivity contribution in [3.63, 3.8) is 0 Å². The molecule has 0 spiro atoms. The van der Waals surface area contributed by atoms with Crippen molar-refractivity contribution in [1.82, 2.24) is 20.1 Å². The molecule has 1 aromatic heterocycles. The van der Waals surface area contributed by atoms with Gasteiger partial charge in [-0.25, -0.2) is 4.98 Å². The van der Waals surface area contributed by atoms with Crippen molar-refractivity contribution in [2.45, 2.75) is 6.42 Å². The van der Waals surface area contributed by atoms with Crippen LogP contribution in [0.4, 0.5) is 0 Å². The molecule has 0 unspecified atom stereocenters. The van der Waals surface area contributed by atoms with Crippen LogP contribution in [0.5, 0.6) is 0 Å². The van der Waals surface area contributed by atoms with Crippen LogP contribution in [0.2, 0.25) is 0 Å². The first kappa shape index (κ1) is 16.0. The molecular weight excluding hydrogens is 248 g/mol. The Morgan fingerprint density at radius 2 is 1.84 bits per heavy atom. The first-order valence-electron chi connectivity index (χ1n) is 6.52. The average molecular weight is 272 g/mol. The summed E-state index contributed by atoms with van der Waals surface area (Å²) in [6.07, 6.45) is 2.54. The predicted octanol–water partition coefficient (Wildman–Crippen LogP) is -0.373. The number of nitrogens with zero attached hydrogens (tertiary/aromatic N) is 3. The molecule has 0 amide bonds. The summed E-state index contributed by atoms with van der Waals surface area (Å²) in [6, 6.07) is 0. The predicted molar refractivity (Wildman–Crippen MR) is 71.1 cm³/mol. The molecule has 7 heteroatoms. The zero-order valence-corrected chi connectivity index (χ0v) is 11.8. The van der Waals surface area contributed by atoms with Crippen LogP contribution >= 0.6 is 0 Å². The molecule has 0 radical (unpaired) electrons. The number of methoxy groups -OCH3 is 1. The molecule has 0 atom stereocenters. The van der Waals surface area contributed by atoms with Crippen LogP contribution in [0, 0.1) is 0 Å². The lowest BCUT2D eigenvalue weighted by Gasteiger charge is -2.06. The molecule has 1 N–H and O–H groups in total. The minimum Gasteiger partial charge on any atom is -0.382 e. The van der Waals surface area contributed by atoms with Crippen molar-refractivity contribution in [2.75, 3.05) is 53.2 Å². The molecular formula is C12H24N4O3. The first-order chi connectivity index (χ1) is 9.33. The number of hydrogen-bond donors (Lipinski definition) is 1. The number of nitrogens with one attached hydrogen (secondary N) is 1. The number of ether oxygens (including phenoxy) is 3. The normalized spacial score (nSPS) is 11.1. The second-order valence-corrected chi connectivity index (χ2v) is 4.05. The molecule has 110 valence electrons. The van der Waals surface area contributed by atoms with E-state index in [0.717, 1.165) is 25.3 Å². The van der Waals surface area contributed by atoms with Gasteiger partial charge in [0.15, 0.2) is 5.82 Å². The fraction of sp³-hybridized carbons (Fsp3) is 0.833. The Hall–Kier alpha value is -1.02. The van der Waals surface area contributed by atoms with Gasteiger partial charge in [0, 0.05) is 33.7 Å². The zero-order valence-electron chi connectivity index (χ0n) is 11.8. The minimum absolute atomic E-state index is 0.612. The van der Waals surface area contributed by atoms with E-state index < -0.39 is 0 Å². The highest BCUT2D eigenvalue weighted by molar-refractivity contribution is 4.81. The highest BCUT2D eigenvalue weighted by Gasteiger charge is 1.97. The molecule has 0 aliphatic heterocycles. The molecule has 1 rings (SSSR count). The molecule has 0 aliphatic carbocycles. The van der Waals surface area contributed by atoms with Gasteiger partial charge in [0.2, 0.25) is 0 Å². The lowest BCUT2D eigenvalue weighted by molar-refractivity contribution is 0.0256. The van der Waals surface area contributed by atoms with Gasteiger partial charge in [-0.05, 0) is 0 Å². The smallest absolute Gasteiger partial charge is 0.151 e. The van der Waals surface area contributed by atoms with Crippen LogP contribution in [-0.4, -0.2) is 68.0 Å². The van der Waals surface area contributed by atoms with E-state index in [-0.39, 0.29) is 0 Å². The standard InChI is InChI=1S/C12H24N4O3/c1-16-11-14-12(15-16)3-4-13-5-6-18-9-10-19-8-7-17-2/h11,13H,3-10H2,1-2H3. The van der Waals surface area contributed by atoms with Gasteiger partial charge in [-0.1, -0.05) is 0 Å². The highest BCUT2D eigenvalue weighted by Crippen LogP contribution is 1.87. The van der Waals surface area contributed by atoms with E-state index in [0.29, 0.717) is 33.0 Å². The Bertz CT molecular complexity index is 320. The average Bonchev–Trinajstić information content (AvgIpc) is 2.82. The van der Waals surface area contributed by atoms with Gasteiger partial charge in [-0.3, -0.25) is 4.68 Å². The zero-order chi connectivity index (χ0) is 13.8. The van der Waals surface area contributed by atoms with E-state index >= 15 is 0 Å². The van der Waals surface area contributed by atoms with Gasteiger partial charge in [-0.15, -0.1) is 0 Å². The summed E-state index contributed by atoms with van der Waals surface area (Å²) in [4.78, 5) is 4.15. The minimum atomic E-state index is 0.612. The van der Waals surface area contributed by atoms with Gasteiger partial charge in [0.05, 0.1) is 33.0 Å². The summed E-state index contributed by atoms with van der Waals surface area (Å²) in [5.74, 6) is 0.863. The number of hydrogen-bond acceptors (Lipinski definition) is 6. The molecule has 0 aromatic carbocycles. The third kappa shape index (κ3) is 8.66. The Kier molecular flexibility index (Phi) is 9.17. The van der Waals surface area contributed by atoms with E-state index in [1.165, 1.54) is 0 Å². The molecule has 0 aliphatic rings. The van der Waals surface area contributed by atoms with Crippen molar-refractivity contribution in [3.8, 4) is 0 Å². The van der Waals surface area contributed by atoms with E-state index in [2.05, 4.69) is 15.4 Å². The van der Waals surface area contributed by atoms with Gasteiger partial charge >= 0.3 is 0 Å². The number of aryl methyl sites for hydroxylation is 1. The van der Waals surface area contributed by atoms with Crippen LogP contribution in [0.1, 0.15) is 5.82 Å². The second-order valence-electron chi connectivity index (χ2n) is 4.05. The van der Waals surface area contributed by atoms with Crippen LogP contribution in [0.25, 0.3) is 0 Å². The highest BCUT2D eigenvalue weighted by atomic mass is 16.5. The maximum absolute atomic E-state index is 5.41. The van der Waals surface area contributed by atoms with E-state index in [1.54, 1.807) is 18.1 Å². The maximum atomic E-state index is 5.41. The summed E-state index contributed by atoms with van der Waals surface area (Å²) in [5.41, 5.74) is 0. The SMILES string of the molecule is COCCOCCOCCNCCc1ncn(C)n1. The molecule has 0 bridgehead atoms. The monoisotopic (exact) mass is 272 g/mol. The van der Waals surface area contributed by atoms with Crippen molar-refractivity contribution < 1.29 is 14.2 Å². The number of rotatable bonds is 12. The lowest BCUT2D eigenvalue weighted by Crippen LogP contribution is -2.23. The van der Waals surface area contributed by atoms with Crippen molar-refractivity contribution in [1.29, 1.82) is 0 Å². The van der Waals surface area contributed by atoms with E-state index in [4.69, 9.17) is 14.2 Å². The van der Waals surface area contributed by atoms with E-state index in [1.807, 2.05) is 7.05 Å². The van der Waals surface area contributed by atoms with Crippen LogP contribution in [0.15, 0.2) is 6.33 Å². The summed E-state index contributed by atoms with van der Waals surface area (Å²) in [6.45, 7) is 4.85. The largest absolute Gasteiger partial charge is 0.382 e. The third-order valence-electron chi connectivity index (χ3n) is 2.40. The second kappa shape index (κ2) is 10.9. The Balaban J connectivity index is 1.79. The number of aromatic nitrogens is 3. The van der Waals surface area contributed by atoms with Gasteiger partial charge in [0.25, 0.3) is 0 Å². The summed E-state index contributed by atoms with van der Waals surface area (Å²) < 4.78 is 17.3. The van der Waals surface area contributed by atoms with Crippen LogP contribution < -0.4 is 5.32 Å². The van der Waals surface area contributed by atoms with Gasteiger partial charge in [-0.2, -0.15) is 5.10 Å². The molecule has 0 saturated heterocycles. The molecule has 1 aromatic rings. The summed E-state index contributed by atoms with van der Waals surface area (Å²) in [5, 5.41) is 7.48. The summed E-state index contributed by atoms with van der Waals surface area (Å²) >= 11 is 0. The summed E-state index contributed by atoms with van der Waals surface area (Å²) in [7, 11) is 3.53. The first-order valence-corrected chi connectivity index (χ1v) is 6.52. The fourth-order valence-corrected chi connectivity index (χ4v) is 1.43. The Morgan fingerprint density at radius 1 is 1.11 bits per heavy atom. The van der Waals surface area contributed by atoms with Gasteiger partial charge < -0.3 is 19.5 Å².